The third-order valence-electron chi connectivity index (χ3n) is 7.14. The fourth-order valence-corrected chi connectivity index (χ4v) is 4.69. The number of hydrogen-bond donors (Lipinski definition) is 0. The van der Waals surface area contributed by atoms with Crippen molar-refractivity contribution in [1.82, 2.24) is 4.98 Å². The van der Waals surface area contributed by atoms with E-state index >= 15 is 0 Å². The summed E-state index contributed by atoms with van der Waals surface area (Å²) in [5, 5.41) is 9.62. The van der Waals surface area contributed by atoms with Gasteiger partial charge in [-0.1, -0.05) is 43.7 Å². The first-order valence-corrected chi connectivity index (χ1v) is 15.2. The molecular weight excluding hydrogens is 827 g/mol. The van der Waals surface area contributed by atoms with E-state index in [1.807, 2.05) is 45.3 Å². The van der Waals surface area contributed by atoms with Crippen LogP contribution < -0.4 is 10.0 Å². The summed E-state index contributed by atoms with van der Waals surface area (Å²) in [7, 11) is 2.60. The molecule has 1 aromatic heterocycles. The SMILES string of the molecule is C=C(C)Cc1cc(P)c(-c2cccc(OCc3ccc(C#N)cc3F)n2)cc1F.CCC1CCO1.Cc1ccc([C-]=O)cc1C.[U]. The number of rotatable bonds is 8. The Morgan fingerprint density at radius 2 is 1.80 bits per heavy atom. The van der Waals surface area contributed by atoms with Gasteiger partial charge in [-0.3, -0.25) is 0 Å². The Kier molecular flexibility index (Phi) is 16.5. The molecule has 0 spiro atoms. The van der Waals surface area contributed by atoms with E-state index < -0.39 is 5.82 Å². The average Bonchev–Trinajstić information content (AvgIpc) is 2.99. The Hall–Kier alpha value is -3.19. The van der Waals surface area contributed by atoms with Crippen molar-refractivity contribution in [3.8, 4) is 23.2 Å². The number of benzene rings is 3. The Labute approximate surface area is 297 Å². The van der Waals surface area contributed by atoms with Gasteiger partial charge in [0.05, 0.1) is 29.7 Å². The molecule has 46 heavy (non-hydrogen) atoms. The minimum absolute atomic E-state index is 0. The molecule has 1 fully saturated rings. The van der Waals surface area contributed by atoms with Crippen LogP contribution in [-0.2, 0) is 22.6 Å². The summed E-state index contributed by atoms with van der Waals surface area (Å²) in [5.41, 5.74) is 6.18. The topological polar surface area (TPSA) is 72.2 Å². The number of hydrogen-bond acceptors (Lipinski definition) is 5. The van der Waals surface area contributed by atoms with Crippen molar-refractivity contribution >= 4 is 20.8 Å². The van der Waals surface area contributed by atoms with E-state index in [9.17, 15) is 13.6 Å². The molecule has 1 saturated heterocycles. The molecule has 2 atom stereocenters. The first-order valence-electron chi connectivity index (χ1n) is 14.6. The van der Waals surface area contributed by atoms with Crippen molar-refractivity contribution in [2.24, 2.45) is 0 Å². The van der Waals surface area contributed by atoms with E-state index in [1.54, 1.807) is 30.3 Å². The van der Waals surface area contributed by atoms with Crippen molar-refractivity contribution in [3.63, 3.8) is 0 Å². The number of aryl methyl sites for hydroxylation is 2. The molecule has 0 radical (unpaired) electrons. The predicted octanol–water partition coefficient (Wildman–Crippen LogP) is 8.04. The Bertz CT molecular complexity index is 1680. The van der Waals surface area contributed by atoms with Gasteiger partial charge in [-0.05, 0) is 74.3 Å². The summed E-state index contributed by atoms with van der Waals surface area (Å²) in [6, 6.07) is 20.0. The molecule has 0 aliphatic carbocycles. The van der Waals surface area contributed by atoms with Crippen LogP contribution in [0.5, 0.6) is 5.88 Å². The minimum atomic E-state index is -0.511. The summed E-state index contributed by atoms with van der Waals surface area (Å²) in [4.78, 5) is 14.6. The number of nitrogens with zero attached hydrogens (tertiary/aromatic N) is 2. The fourth-order valence-electron chi connectivity index (χ4n) is 4.26. The Morgan fingerprint density at radius 1 is 1.09 bits per heavy atom. The van der Waals surface area contributed by atoms with Crippen LogP contribution in [-0.4, -0.2) is 24.0 Å². The molecule has 5 nitrogen and oxygen atoms in total. The van der Waals surface area contributed by atoms with E-state index in [4.69, 9.17) is 14.7 Å². The van der Waals surface area contributed by atoms with Crippen LogP contribution >= 0.6 is 9.24 Å². The molecule has 0 amide bonds. The van der Waals surface area contributed by atoms with Gasteiger partial charge in [0.2, 0.25) is 5.88 Å². The van der Waals surface area contributed by atoms with E-state index in [0.717, 1.165) is 23.0 Å². The van der Waals surface area contributed by atoms with Gasteiger partial charge in [-0.15, -0.1) is 20.9 Å². The molecule has 0 N–H and O–H groups in total. The summed E-state index contributed by atoms with van der Waals surface area (Å²) >= 11 is 0. The molecule has 1 aliphatic heterocycles. The normalized spacial score (nSPS) is 12.9. The van der Waals surface area contributed by atoms with E-state index in [-0.39, 0.29) is 49.1 Å². The van der Waals surface area contributed by atoms with Gasteiger partial charge in [0, 0.05) is 54.9 Å². The van der Waals surface area contributed by atoms with Crippen molar-refractivity contribution < 1.29 is 54.2 Å². The second-order valence-electron chi connectivity index (χ2n) is 10.8. The van der Waals surface area contributed by atoms with Crippen molar-refractivity contribution in [1.29, 1.82) is 5.26 Å². The van der Waals surface area contributed by atoms with Crippen LogP contribution in [0.1, 0.15) is 60.1 Å². The van der Waals surface area contributed by atoms with E-state index in [0.29, 0.717) is 46.4 Å². The predicted molar refractivity (Wildman–Crippen MR) is 178 cm³/mol. The largest absolute Gasteiger partial charge is 0.473 e. The number of pyridine rings is 1. The van der Waals surface area contributed by atoms with Crippen LogP contribution in [0.3, 0.4) is 0 Å². The quantitative estimate of drug-likeness (QED) is 0.102. The molecule has 238 valence electrons. The van der Waals surface area contributed by atoms with Gasteiger partial charge in [-0.25, -0.2) is 13.8 Å². The van der Waals surface area contributed by atoms with Crippen LogP contribution in [0.2, 0.25) is 0 Å². The number of carbonyl (C=O) groups excluding carboxylic acids is 1. The fraction of sp³-hybridized carbons (Fsp3) is 0.270. The zero-order valence-corrected chi connectivity index (χ0v) is 31.9. The van der Waals surface area contributed by atoms with Crippen LogP contribution in [0.25, 0.3) is 11.3 Å². The first kappa shape index (κ1) is 39.0. The molecule has 0 bridgehead atoms. The summed E-state index contributed by atoms with van der Waals surface area (Å²) in [5.74, 6) is -0.535. The molecule has 5 rings (SSSR count). The zero-order chi connectivity index (χ0) is 32.9. The second-order valence-corrected chi connectivity index (χ2v) is 11.4. The molecule has 0 saturated carbocycles. The maximum atomic E-state index is 14.5. The number of ether oxygens (including phenoxy) is 2. The van der Waals surface area contributed by atoms with E-state index in [2.05, 4.69) is 27.7 Å². The molecule has 2 unspecified atom stereocenters. The molecule has 2 heterocycles. The van der Waals surface area contributed by atoms with Gasteiger partial charge < -0.3 is 14.3 Å². The summed E-state index contributed by atoms with van der Waals surface area (Å²) in [6.07, 6.45) is 5.42. The number of allylic oxidation sites excluding steroid dienone is 1. The zero-order valence-electron chi connectivity index (χ0n) is 26.6. The number of nitriles is 1. The smallest absolute Gasteiger partial charge is 0.214 e. The second kappa shape index (κ2) is 19.5. The summed E-state index contributed by atoms with van der Waals surface area (Å²) < 4.78 is 39.2. The van der Waals surface area contributed by atoms with Gasteiger partial charge >= 0.3 is 0 Å². The Morgan fingerprint density at radius 3 is 2.35 bits per heavy atom. The van der Waals surface area contributed by atoms with Gasteiger partial charge in [0.15, 0.2) is 0 Å². The molecule has 1 aliphatic rings. The molecule has 9 heteroatoms. The van der Waals surface area contributed by atoms with Crippen LogP contribution in [0.4, 0.5) is 8.78 Å². The first-order chi connectivity index (χ1) is 21.5. The van der Waals surface area contributed by atoms with Gasteiger partial charge in [0.1, 0.15) is 18.2 Å². The number of aromatic nitrogens is 1. The molecule has 4 aromatic rings. The maximum Gasteiger partial charge on any atom is 0.214 e. The molecule has 3 aromatic carbocycles. The van der Waals surface area contributed by atoms with Crippen LogP contribution in [0.15, 0.2) is 78.9 Å². The minimum Gasteiger partial charge on any atom is -0.473 e. The van der Waals surface area contributed by atoms with Gasteiger partial charge in [-0.2, -0.15) is 23.0 Å². The van der Waals surface area contributed by atoms with Crippen molar-refractivity contribution in [2.75, 3.05) is 6.61 Å². The molecular formula is C37H38F2N2O3PU-. The summed E-state index contributed by atoms with van der Waals surface area (Å²) in [6.45, 7) is 12.8. The average molecular weight is 866 g/mol. The third kappa shape index (κ3) is 11.9. The number of halogens is 2. The standard InChI is InChI=1S/C23H19F2N2OP.C9H9O.C5H10O.U/c1-14(2)8-17-10-22(29)18(11-20(17)25)21-4-3-5-23(27-21)28-13-16-7-6-15(12-26)9-19(16)24;1-7-3-4-9(6-10)5-8(7)2;1-2-5-3-4-6-5;/h3-7,9-11H,1,8,13,29H2,2H3;3-5H,1-2H3;5H,2-4H2,1H3;/q;-1;;. The van der Waals surface area contributed by atoms with Crippen molar-refractivity contribution in [3.05, 3.63) is 124 Å². The third-order valence-corrected chi connectivity index (χ3v) is 7.62. The Balaban J connectivity index is 0.000000353. The van der Waals surface area contributed by atoms with Crippen LogP contribution in [0, 0.1) is 67.9 Å². The van der Waals surface area contributed by atoms with Gasteiger partial charge in [0.25, 0.3) is 0 Å². The maximum absolute atomic E-state index is 14.5. The van der Waals surface area contributed by atoms with E-state index in [1.165, 1.54) is 42.7 Å². The monoisotopic (exact) mass is 865 g/mol. The van der Waals surface area contributed by atoms with Crippen molar-refractivity contribution in [2.45, 2.75) is 59.7 Å².